The quantitative estimate of drug-likeness (QED) is 0.0891. The van der Waals surface area contributed by atoms with Gasteiger partial charge in [-0.1, -0.05) is 0 Å². The number of phosphoric ester groups is 1. The lowest BCUT2D eigenvalue weighted by Gasteiger charge is -2.24. The fourth-order valence-electron chi connectivity index (χ4n) is 5.14. The van der Waals surface area contributed by atoms with Crippen molar-refractivity contribution in [2.45, 2.75) is 55.5 Å². The van der Waals surface area contributed by atoms with Crippen LogP contribution in [-0.2, 0) is 23.1 Å². The van der Waals surface area contributed by atoms with Crippen LogP contribution in [0.2, 0.25) is 0 Å². The molecule has 0 saturated carbocycles. The number of aliphatic hydroxyl groups is 4. The number of imidazole rings is 2. The number of phosphoric acid groups is 1. The van der Waals surface area contributed by atoms with Crippen LogP contribution in [-0.4, -0.2) is 109 Å². The van der Waals surface area contributed by atoms with Crippen LogP contribution in [0.1, 0.15) is 18.9 Å². The van der Waals surface area contributed by atoms with Crippen molar-refractivity contribution in [2.75, 3.05) is 24.7 Å². The van der Waals surface area contributed by atoms with E-state index in [-0.39, 0.29) is 23.5 Å². The Bertz CT molecular complexity index is 1750. The third kappa shape index (κ3) is 5.27. The van der Waals surface area contributed by atoms with Gasteiger partial charge in [-0.2, -0.15) is 4.98 Å². The molecule has 2 saturated heterocycles. The highest BCUT2D eigenvalue weighted by atomic mass is 31.2. The van der Waals surface area contributed by atoms with E-state index in [0.29, 0.717) is 16.9 Å². The standard InChI is InChI=1S/C22H28N9O11P/c23-8-1-3-25-17-11(8)26-6-30(17)20-15(35)13(33)9(40-20)2-4-39-43(37,38)42-16-14(34)10(5-32)41-21(16)31-7-27-12-18(31)28-22(24)29-19(12)36/h1,3,6-7,9-10,13-16,20-21,32-35H,2,4-5H2,(H2,23,25)(H,37,38)(H3,24,28,29,36)/t9-,10-,13-,14-,15-,16-,20-,21-/m1/s1. The van der Waals surface area contributed by atoms with Gasteiger partial charge in [0.15, 0.2) is 29.3 Å². The lowest BCUT2D eigenvalue weighted by molar-refractivity contribution is -0.0529. The van der Waals surface area contributed by atoms with Gasteiger partial charge in [0.1, 0.15) is 36.0 Å². The van der Waals surface area contributed by atoms with Crippen molar-refractivity contribution in [1.82, 2.24) is 34.1 Å². The zero-order valence-corrected chi connectivity index (χ0v) is 22.9. The molecule has 4 aromatic heterocycles. The zero-order chi connectivity index (χ0) is 30.6. The van der Waals surface area contributed by atoms with Gasteiger partial charge in [0.25, 0.3) is 5.56 Å². The third-order valence-electron chi connectivity index (χ3n) is 7.23. The van der Waals surface area contributed by atoms with Crippen molar-refractivity contribution < 1.29 is 48.4 Å². The molecule has 4 aromatic rings. The van der Waals surface area contributed by atoms with Crippen LogP contribution in [0, 0.1) is 0 Å². The fourth-order valence-corrected chi connectivity index (χ4v) is 6.07. The average molecular weight is 625 g/mol. The maximum atomic E-state index is 12.9. The summed E-state index contributed by atoms with van der Waals surface area (Å²) in [5, 5.41) is 41.5. The SMILES string of the molecule is Nc1nc2c(ncn2[C@@H]2O[C@H](CO)[C@@H](O)[C@H]2OP(=O)(O)OCC[C@H]2O[C@@H](n3cnc4c(N)ccnc43)[C@H](O)[C@@H]2O)c(=O)[nH]1. The number of nitrogens with one attached hydrogen (secondary N) is 1. The second-order valence-electron chi connectivity index (χ2n) is 9.94. The minimum Gasteiger partial charge on any atom is -0.397 e. The van der Waals surface area contributed by atoms with Gasteiger partial charge < -0.3 is 46.3 Å². The van der Waals surface area contributed by atoms with Gasteiger partial charge >= 0.3 is 7.82 Å². The maximum Gasteiger partial charge on any atom is 0.472 e. The molecule has 20 nitrogen and oxygen atoms in total. The maximum absolute atomic E-state index is 12.9. The highest BCUT2D eigenvalue weighted by Gasteiger charge is 2.50. The highest BCUT2D eigenvalue weighted by molar-refractivity contribution is 7.47. The largest absolute Gasteiger partial charge is 0.472 e. The summed E-state index contributed by atoms with van der Waals surface area (Å²) in [5.74, 6) is -0.240. The number of anilines is 2. The first-order chi connectivity index (χ1) is 20.5. The van der Waals surface area contributed by atoms with Crippen molar-refractivity contribution in [3.63, 3.8) is 0 Å². The van der Waals surface area contributed by atoms with E-state index in [0.717, 1.165) is 10.9 Å². The molecule has 9 atom stereocenters. The molecule has 6 rings (SSSR count). The number of nitrogen functional groups attached to an aromatic ring is 2. The molecule has 10 N–H and O–H groups in total. The van der Waals surface area contributed by atoms with Crippen LogP contribution in [0.5, 0.6) is 0 Å². The number of pyridine rings is 1. The molecule has 1 unspecified atom stereocenters. The Morgan fingerprint density at radius 3 is 2.42 bits per heavy atom. The van der Waals surface area contributed by atoms with Crippen LogP contribution >= 0.6 is 7.82 Å². The Morgan fingerprint density at radius 1 is 0.977 bits per heavy atom. The Kier molecular flexibility index (Phi) is 7.67. The molecule has 2 aliphatic rings. The van der Waals surface area contributed by atoms with Crippen molar-refractivity contribution in [3.8, 4) is 0 Å². The van der Waals surface area contributed by atoms with E-state index in [1.54, 1.807) is 6.07 Å². The number of nitrogens with two attached hydrogens (primary N) is 2. The predicted molar refractivity (Wildman–Crippen MR) is 143 cm³/mol. The molecule has 232 valence electrons. The summed E-state index contributed by atoms with van der Waals surface area (Å²) in [6.45, 7) is -1.16. The summed E-state index contributed by atoms with van der Waals surface area (Å²) in [4.78, 5) is 41.3. The number of aromatic nitrogens is 7. The number of ether oxygens (including phenoxy) is 2. The molecule has 21 heteroatoms. The van der Waals surface area contributed by atoms with E-state index < -0.39 is 75.7 Å². The summed E-state index contributed by atoms with van der Waals surface area (Å²) in [7, 11) is -4.94. The Labute approximate surface area is 240 Å². The van der Waals surface area contributed by atoms with E-state index in [2.05, 4.69) is 24.9 Å². The monoisotopic (exact) mass is 625 g/mol. The minimum absolute atomic E-state index is 0.0663. The molecular formula is C22H28N9O11P. The summed E-state index contributed by atoms with van der Waals surface area (Å²) in [6.07, 6.45) is -6.94. The molecule has 6 heterocycles. The number of H-pyrrole nitrogens is 1. The lowest BCUT2D eigenvalue weighted by atomic mass is 10.1. The molecule has 0 spiro atoms. The number of hydrogen-bond acceptors (Lipinski definition) is 16. The first-order valence-corrected chi connectivity index (χ1v) is 14.4. The topological polar surface area (TPSA) is 301 Å². The van der Waals surface area contributed by atoms with Crippen LogP contribution < -0.4 is 17.0 Å². The number of rotatable bonds is 9. The van der Waals surface area contributed by atoms with Crippen molar-refractivity contribution in [1.29, 1.82) is 0 Å². The highest BCUT2D eigenvalue weighted by Crippen LogP contribution is 2.49. The second kappa shape index (κ2) is 11.2. The number of nitrogens with zero attached hydrogens (tertiary/aromatic N) is 6. The van der Waals surface area contributed by atoms with Gasteiger partial charge in [-0.05, 0) is 6.07 Å². The minimum atomic E-state index is -4.94. The van der Waals surface area contributed by atoms with E-state index in [4.69, 9.17) is 30.0 Å². The summed E-state index contributed by atoms with van der Waals surface area (Å²) in [5.41, 5.74) is 11.8. The zero-order valence-electron chi connectivity index (χ0n) is 22.0. The smallest absolute Gasteiger partial charge is 0.397 e. The van der Waals surface area contributed by atoms with Gasteiger partial charge in [0.05, 0.1) is 37.7 Å². The van der Waals surface area contributed by atoms with Crippen molar-refractivity contribution >= 4 is 41.8 Å². The Balaban J connectivity index is 1.13. The van der Waals surface area contributed by atoms with E-state index in [9.17, 15) is 34.7 Å². The molecular weight excluding hydrogens is 597 g/mol. The summed E-state index contributed by atoms with van der Waals surface area (Å²) < 4.78 is 37.3. The summed E-state index contributed by atoms with van der Waals surface area (Å²) >= 11 is 0. The number of aliphatic hydroxyl groups excluding tert-OH is 4. The van der Waals surface area contributed by atoms with Crippen molar-refractivity contribution in [3.05, 3.63) is 35.3 Å². The average Bonchev–Trinajstić information content (AvgIpc) is 3.71. The Hall–Kier alpha value is -3.56. The Morgan fingerprint density at radius 2 is 1.67 bits per heavy atom. The predicted octanol–water partition coefficient (Wildman–Crippen LogP) is -2.51. The molecule has 2 fully saturated rings. The fraction of sp³-hybridized carbons (Fsp3) is 0.500. The number of hydrogen-bond donors (Lipinski definition) is 8. The molecule has 0 aliphatic carbocycles. The van der Waals surface area contributed by atoms with Crippen LogP contribution in [0.3, 0.4) is 0 Å². The molecule has 0 amide bonds. The number of aromatic amines is 1. The first kappa shape index (κ1) is 29.5. The van der Waals surface area contributed by atoms with Crippen molar-refractivity contribution in [2.24, 2.45) is 0 Å². The van der Waals surface area contributed by atoms with Gasteiger partial charge in [-0.3, -0.25) is 28.0 Å². The molecule has 2 aliphatic heterocycles. The van der Waals surface area contributed by atoms with Crippen LogP contribution in [0.4, 0.5) is 11.6 Å². The number of fused-ring (bicyclic) bond motifs is 2. The van der Waals surface area contributed by atoms with E-state index >= 15 is 0 Å². The van der Waals surface area contributed by atoms with Gasteiger partial charge in [-0.25, -0.2) is 19.5 Å². The van der Waals surface area contributed by atoms with Gasteiger partial charge in [0.2, 0.25) is 5.95 Å². The third-order valence-corrected chi connectivity index (χ3v) is 8.25. The molecule has 0 aromatic carbocycles. The van der Waals surface area contributed by atoms with Crippen LogP contribution in [0.25, 0.3) is 22.3 Å². The second-order valence-corrected chi connectivity index (χ2v) is 11.4. The van der Waals surface area contributed by atoms with E-state index in [1.165, 1.54) is 17.1 Å². The van der Waals surface area contributed by atoms with E-state index in [1.807, 2.05) is 0 Å². The molecule has 0 bridgehead atoms. The van der Waals surface area contributed by atoms with Gasteiger partial charge in [0, 0.05) is 12.6 Å². The van der Waals surface area contributed by atoms with Crippen LogP contribution in [0.15, 0.2) is 29.7 Å². The lowest BCUT2D eigenvalue weighted by Crippen LogP contribution is -2.35. The normalized spacial score (nSPS) is 30.8. The molecule has 0 radical (unpaired) electrons. The first-order valence-electron chi connectivity index (χ1n) is 12.9. The van der Waals surface area contributed by atoms with Gasteiger partial charge in [-0.15, -0.1) is 0 Å². The summed E-state index contributed by atoms with van der Waals surface area (Å²) in [6, 6.07) is 1.56. The molecule has 43 heavy (non-hydrogen) atoms.